The van der Waals surface area contributed by atoms with E-state index in [1.807, 2.05) is 0 Å². The molecule has 1 unspecified atom stereocenters. The molecule has 1 aliphatic rings. The predicted octanol–water partition coefficient (Wildman–Crippen LogP) is -0.228. The van der Waals surface area contributed by atoms with Crippen LogP contribution in [0, 0.1) is 11.3 Å². The van der Waals surface area contributed by atoms with Crippen LogP contribution in [-0.2, 0) is 4.79 Å². The molecule has 1 aromatic rings. The maximum absolute atomic E-state index is 10.6. The van der Waals surface area contributed by atoms with Crippen molar-refractivity contribution in [2.75, 3.05) is 6.79 Å². The third kappa shape index (κ3) is 1.57. The van der Waals surface area contributed by atoms with Crippen LogP contribution in [0.15, 0.2) is 18.2 Å². The summed E-state index contributed by atoms with van der Waals surface area (Å²) in [6.07, 6.45) is 0. The van der Waals surface area contributed by atoms with E-state index in [2.05, 4.69) is 0 Å². The van der Waals surface area contributed by atoms with E-state index < -0.39 is 11.9 Å². The number of carbonyl (C=O) groups is 1. The Morgan fingerprint density at radius 3 is 2.87 bits per heavy atom. The Kier molecular flexibility index (Phi) is 2.18. The van der Waals surface area contributed by atoms with E-state index in [0.29, 0.717) is 17.1 Å². The third-order valence-corrected chi connectivity index (χ3v) is 2.09. The number of nitrogens with zero attached hydrogens (tertiary/aromatic N) is 1. The van der Waals surface area contributed by atoms with Crippen molar-refractivity contribution in [3.63, 3.8) is 0 Å². The van der Waals surface area contributed by atoms with Gasteiger partial charge in [-0.2, -0.15) is 5.26 Å². The van der Waals surface area contributed by atoms with E-state index in [9.17, 15) is 9.90 Å². The molecule has 76 valence electrons. The molecule has 0 spiro atoms. The van der Waals surface area contributed by atoms with Crippen LogP contribution in [0.2, 0.25) is 0 Å². The molecule has 1 aliphatic heterocycles. The van der Waals surface area contributed by atoms with Crippen molar-refractivity contribution in [3.05, 3.63) is 23.8 Å². The molecule has 2 rings (SSSR count). The van der Waals surface area contributed by atoms with Crippen LogP contribution < -0.4 is 14.6 Å². The lowest BCUT2D eigenvalue weighted by Gasteiger charge is -2.10. The second-order valence-corrected chi connectivity index (χ2v) is 2.99. The molecule has 1 heterocycles. The van der Waals surface area contributed by atoms with Crippen molar-refractivity contribution in [2.24, 2.45) is 0 Å². The average molecular weight is 204 g/mol. The minimum absolute atomic E-state index is 0.112. The van der Waals surface area contributed by atoms with Crippen molar-refractivity contribution in [3.8, 4) is 17.6 Å². The minimum atomic E-state index is -1.42. The highest BCUT2D eigenvalue weighted by molar-refractivity contribution is 5.77. The Bertz CT molecular complexity index is 449. The van der Waals surface area contributed by atoms with Gasteiger partial charge in [0.1, 0.15) is 5.92 Å². The van der Waals surface area contributed by atoms with Gasteiger partial charge in [-0.3, -0.25) is 0 Å². The first kappa shape index (κ1) is 9.34. The predicted molar refractivity (Wildman–Crippen MR) is 45.9 cm³/mol. The average Bonchev–Trinajstić information content (AvgIpc) is 2.65. The molecular weight excluding hydrogens is 198 g/mol. The zero-order valence-corrected chi connectivity index (χ0v) is 7.60. The summed E-state index contributed by atoms with van der Waals surface area (Å²) >= 11 is 0. The topological polar surface area (TPSA) is 82.4 Å². The Labute approximate surface area is 85.5 Å². The highest BCUT2D eigenvalue weighted by Crippen LogP contribution is 2.34. The number of carboxylic acid groups (broad SMARTS) is 1. The number of aliphatic carboxylic acids is 1. The molecule has 0 bridgehead atoms. The molecule has 5 heteroatoms. The smallest absolute Gasteiger partial charge is 0.231 e. The third-order valence-electron chi connectivity index (χ3n) is 2.09. The Morgan fingerprint density at radius 1 is 1.47 bits per heavy atom. The van der Waals surface area contributed by atoms with Gasteiger partial charge >= 0.3 is 0 Å². The van der Waals surface area contributed by atoms with Crippen molar-refractivity contribution in [1.29, 1.82) is 5.26 Å². The summed E-state index contributed by atoms with van der Waals surface area (Å²) in [6.45, 7) is 0.112. The molecule has 15 heavy (non-hydrogen) atoms. The van der Waals surface area contributed by atoms with E-state index in [-0.39, 0.29) is 6.79 Å². The fourth-order valence-corrected chi connectivity index (χ4v) is 1.36. The summed E-state index contributed by atoms with van der Waals surface area (Å²) in [6, 6.07) is 6.21. The molecule has 0 N–H and O–H groups in total. The number of benzene rings is 1. The molecule has 1 atom stereocenters. The van der Waals surface area contributed by atoms with Gasteiger partial charge in [0.05, 0.1) is 12.0 Å². The molecule has 0 radical (unpaired) electrons. The number of hydrogen-bond donors (Lipinski definition) is 0. The molecule has 1 aromatic carbocycles. The minimum Gasteiger partial charge on any atom is -0.548 e. The van der Waals surface area contributed by atoms with Gasteiger partial charge in [-0.25, -0.2) is 0 Å². The van der Waals surface area contributed by atoms with Crippen LogP contribution in [0.4, 0.5) is 0 Å². The van der Waals surface area contributed by atoms with Gasteiger partial charge in [-0.1, -0.05) is 6.07 Å². The second kappa shape index (κ2) is 3.50. The van der Waals surface area contributed by atoms with E-state index in [4.69, 9.17) is 14.7 Å². The summed E-state index contributed by atoms with van der Waals surface area (Å²) in [4.78, 5) is 10.6. The lowest BCUT2D eigenvalue weighted by molar-refractivity contribution is -0.306. The molecule has 0 amide bonds. The van der Waals surface area contributed by atoms with Crippen LogP contribution >= 0.6 is 0 Å². The van der Waals surface area contributed by atoms with Gasteiger partial charge in [0, 0.05) is 0 Å². The van der Waals surface area contributed by atoms with Crippen molar-refractivity contribution in [2.45, 2.75) is 5.92 Å². The number of nitriles is 1. The van der Waals surface area contributed by atoms with Gasteiger partial charge in [-0.05, 0) is 17.7 Å². The summed E-state index contributed by atoms with van der Waals surface area (Å²) in [5, 5.41) is 19.3. The quantitative estimate of drug-likeness (QED) is 0.664. The van der Waals surface area contributed by atoms with E-state index >= 15 is 0 Å². The van der Waals surface area contributed by atoms with Gasteiger partial charge < -0.3 is 19.4 Å². The van der Waals surface area contributed by atoms with E-state index in [1.165, 1.54) is 12.1 Å². The Morgan fingerprint density at radius 2 is 2.20 bits per heavy atom. The molecule has 0 aromatic heterocycles. The Hall–Kier alpha value is -2.22. The summed E-state index contributed by atoms with van der Waals surface area (Å²) in [7, 11) is 0. The SMILES string of the molecule is N#CC(C(=O)[O-])c1ccc2c(c1)OCO2. The molecule has 0 saturated carbocycles. The van der Waals surface area contributed by atoms with Crippen LogP contribution in [0.1, 0.15) is 11.5 Å². The fourth-order valence-electron chi connectivity index (χ4n) is 1.36. The second-order valence-electron chi connectivity index (χ2n) is 2.99. The van der Waals surface area contributed by atoms with Gasteiger partial charge in [0.25, 0.3) is 0 Å². The van der Waals surface area contributed by atoms with E-state index in [0.717, 1.165) is 0 Å². The zero-order chi connectivity index (χ0) is 10.8. The maximum Gasteiger partial charge on any atom is 0.231 e. The molecule has 0 fully saturated rings. The molecule has 5 nitrogen and oxygen atoms in total. The van der Waals surface area contributed by atoms with Crippen molar-refractivity contribution < 1.29 is 19.4 Å². The monoisotopic (exact) mass is 204 g/mol. The summed E-state index contributed by atoms with van der Waals surface area (Å²) in [5.74, 6) is -1.70. The maximum atomic E-state index is 10.6. The lowest BCUT2D eigenvalue weighted by Crippen LogP contribution is -2.28. The molecule has 0 aliphatic carbocycles. The van der Waals surface area contributed by atoms with Crippen molar-refractivity contribution >= 4 is 5.97 Å². The number of carbonyl (C=O) groups excluding carboxylic acids is 1. The van der Waals surface area contributed by atoms with Gasteiger partial charge in [0.15, 0.2) is 11.5 Å². The van der Waals surface area contributed by atoms with Gasteiger partial charge in [0.2, 0.25) is 6.79 Å². The highest BCUT2D eigenvalue weighted by Gasteiger charge is 2.18. The molecular formula is C10H6NO4-. The van der Waals surface area contributed by atoms with E-state index in [1.54, 1.807) is 12.1 Å². The number of hydrogen-bond acceptors (Lipinski definition) is 5. The fraction of sp³-hybridized carbons (Fsp3) is 0.200. The molecule has 0 saturated heterocycles. The largest absolute Gasteiger partial charge is 0.548 e. The van der Waals surface area contributed by atoms with Gasteiger partial charge in [-0.15, -0.1) is 0 Å². The first-order valence-electron chi connectivity index (χ1n) is 4.22. The van der Waals surface area contributed by atoms with Crippen LogP contribution in [0.5, 0.6) is 11.5 Å². The van der Waals surface area contributed by atoms with Crippen LogP contribution in [0.3, 0.4) is 0 Å². The number of ether oxygens (including phenoxy) is 2. The standard InChI is InChI=1S/C10H7NO4/c11-4-7(10(12)13)6-1-2-8-9(3-6)15-5-14-8/h1-3,7H,5H2,(H,12,13)/p-1. The normalized spacial score (nSPS) is 14.3. The number of fused-ring (bicyclic) bond motifs is 1. The number of rotatable bonds is 2. The zero-order valence-electron chi connectivity index (χ0n) is 7.60. The highest BCUT2D eigenvalue weighted by atomic mass is 16.7. The van der Waals surface area contributed by atoms with Crippen LogP contribution in [0.25, 0.3) is 0 Å². The van der Waals surface area contributed by atoms with Crippen LogP contribution in [-0.4, -0.2) is 12.8 Å². The summed E-state index contributed by atoms with van der Waals surface area (Å²) < 4.78 is 10.1. The lowest BCUT2D eigenvalue weighted by atomic mass is 10.0. The summed E-state index contributed by atoms with van der Waals surface area (Å²) in [5.41, 5.74) is 0.335. The first-order chi connectivity index (χ1) is 7.22. The Balaban J connectivity index is 2.38. The first-order valence-corrected chi connectivity index (χ1v) is 4.22. The van der Waals surface area contributed by atoms with Crippen molar-refractivity contribution in [1.82, 2.24) is 0 Å². The number of carboxylic acids is 1.